The summed E-state index contributed by atoms with van der Waals surface area (Å²) in [4.78, 5) is 0. The summed E-state index contributed by atoms with van der Waals surface area (Å²) in [6.07, 6.45) is 4.00. The zero-order chi connectivity index (χ0) is 15.1. The largest absolute Gasteiger partial charge is 0.504 e. The molecule has 0 bridgehead atoms. The second kappa shape index (κ2) is 7.80. The van der Waals surface area contributed by atoms with Crippen LogP contribution in [0.25, 0.3) is 0 Å². The van der Waals surface area contributed by atoms with E-state index in [-0.39, 0.29) is 11.9 Å². The maximum absolute atomic E-state index is 9.49. The Hall–Kier alpha value is -1.86. The van der Waals surface area contributed by atoms with Crippen molar-refractivity contribution in [1.29, 1.82) is 0 Å². The van der Waals surface area contributed by atoms with Gasteiger partial charge in [0.05, 0.1) is 19.4 Å². The quantitative estimate of drug-likeness (QED) is 0.433. The Balaban J connectivity index is 1.77. The summed E-state index contributed by atoms with van der Waals surface area (Å²) < 4.78 is 10.5. The predicted octanol–water partition coefficient (Wildman–Crippen LogP) is 1.38. The number of hydrogen-bond donors (Lipinski definition) is 3. The van der Waals surface area contributed by atoms with Crippen molar-refractivity contribution in [2.45, 2.75) is 18.9 Å². The molecular formula is C14H19N3O3S. The maximum atomic E-state index is 9.49. The van der Waals surface area contributed by atoms with Gasteiger partial charge in [0, 0.05) is 13.2 Å². The van der Waals surface area contributed by atoms with Gasteiger partial charge >= 0.3 is 0 Å². The summed E-state index contributed by atoms with van der Waals surface area (Å²) in [6.45, 7) is 1.52. The van der Waals surface area contributed by atoms with Crippen molar-refractivity contribution in [2.75, 3.05) is 20.3 Å². The minimum atomic E-state index is 0.0939. The first-order chi connectivity index (χ1) is 10.2. The van der Waals surface area contributed by atoms with Crippen molar-refractivity contribution >= 4 is 23.5 Å². The highest BCUT2D eigenvalue weighted by molar-refractivity contribution is 7.80. The van der Waals surface area contributed by atoms with Gasteiger partial charge in [0.1, 0.15) is 0 Å². The highest BCUT2D eigenvalue weighted by Gasteiger charge is 2.14. The molecule has 0 aromatic heterocycles. The number of nitrogens with zero attached hydrogens (tertiary/aromatic N) is 1. The van der Waals surface area contributed by atoms with Gasteiger partial charge in [-0.1, -0.05) is 0 Å². The van der Waals surface area contributed by atoms with Gasteiger partial charge in [-0.05, 0) is 48.8 Å². The summed E-state index contributed by atoms with van der Waals surface area (Å²) >= 11 is 5.12. The lowest BCUT2D eigenvalue weighted by Gasteiger charge is -2.11. The Bertz CT molecular complexity index is 516. The van der Waals surface area contributed by atoms with Crippen LogP contribution in [0, 0.1) is 0 Å². The number of hydrazone groups is 1. The molecule has 1 aliphatic rings. The Morgan fingerprint density at radius 2 is 2.48 bits per heavy atom. The summed E-state index contributed by atoms with van der Waals surface area (Å²) in [7, 11) is 1.50. The molecule has 6 nitrogen and oxygen atoms in total. The molecule has 0 saturated carbocycles. The number of ether oxygens (including phenoxy) is 2. The number of benzene rings is 1. The van der Waals surface area contributed by atoms with Crippen molar-refractivity contribution in [2.24, 2.45) is 5.10 Å². The minimum Gasteiger partial charge on any atom is -0.504 e. The average Bonchev–Trinajstić information content (AvgIpc) is 3.00. The van der Waals surface area contributed by atoms with E-state index in [1.807, 2.05) is 0 Å². The van der Waals surface area contributed by atoms with Crippen LogP contribution in [-0.2, 0) is 4.74 Å². The Morgan fingerprint density at radius 1 is 1.62 bits per heavy atom. The van der Waals surface area contributed by atoms with Crippen LogP contribution in [0.1, 0.15) is 18.4 Å². The molecule has 3 N–H and O–H groups in total. The number of methoxy groups -OCH3 is 1. The smallest absolute Gasteiger partial charge is 0.187 e. The van der Waals surface area contributed by atoms with E-state index < -0.39 is 0 Å². The number of phenols is 1. The van der Waals surface area contributed by atoms with Crippen LogP contribution < -0.4 is 15.5 Å². The molecule has 1 aromatic rings. The Kier molecular flexibility index (Phi) is 5.77. The molecule has 1 fully saturated rings. The third-order valence-electron chi connectivity index (χ3n) is 3.10. The monoisotopic (exact) mass is 309 g/mol. The summed E-state index contributed by atoms with van der Waals surface area (Å²) in [5.74, 6) is 0.495. The first-order valence-corrected chi connectivity index (χ1v) is 7.15. The van der Waals surface area contributed by atoms with Crippen molar-refractivity contribution in [1.82, 2.24) is 10.7 Å². The molecule has 1 atom stereocenters. The topological polar surface area (TPSA) is 75.1 Å². The molecule has 0 aliphatic carbocycles. The number of aromatic hydroxyl groups is 1. The normalized spacial score (nSPS) is 17.9. The molecule has 0 spiro atoms. The van der Waals surface area contributed by atoms with Crippen LogP contribution in [0.5, 0.6) is 11.5 Å². The number of thiocarbonyl (C=S) groups is 1. The van der Waals surface area contributed by atoms with Crippen molar-refractivity contribution in [3.8, 4) is 11.5 Å². The lowest BCUT2D eigenvalue weighted by molar-refractivity contribution is 0.114. The fraction of sp³-hybridized carbons (Fsp3) is 0.429. The maximum Gasteiger partial charge on any atom is 0.187 e. The molecule has 1 saturated heterocycles. The average molecular weight is 309 g/mol. The van der Waals surface area contributed by atoms with Crippen molar-refractivity contribution in [3.63, 3.8) is 0 Å². The van der Waals surface area contributed by atoms with Gasteiger partial charge in [-0.2, -0.15) is 5.10 Å². The molecular weight excluding hydrogens is 290 g/mol. The van der Waals surface area contributed by atoms with E-state index in [1.165, 1.54) is 7.11 Å². The van der Waals surface area contributed by atoms with Crippen LogP contribution in [0.4, 0.5) is 0 Å². The van der Waals surface area contributed by atoms with Crippen molar-refractivity contribution in [3.05, 3.63) is 23.8 Å². The van der Waals surface area contributed by atoms with E-state index in [0.29, 0.717) is 17.4 Å². The highest BCUT2D eigenvalue weighted by atomic mass is 32.1. The second-order valence-electron chi connectivity index (χ2n) is 4.65. The fourth-order valence-corrected chi connectivity index (χ4v) is 2.13. The molecule has 0 amide bonds. The first-order valence-electron chi connectivity index (χ1n) is 6.74. The third-order valence-corrected chi connectivity index (χ3v) is 3.33. The molecule has 114 valence electrons. The number of hydrogen-bond acceptors (Lipinski definition) is 5. The third kappa shape index (κ3) is 4.87. The van der Waals surface area contributed by atoms with Gasteiger partial charge in [-0.15, -0.1) is 0 Å². The summed E-state index contributed by atoms with van der Waals surface area (Å²) in [5, 5.41) is 17.0. The number of phenolic OH excluding ortho intramolecular Hbond substituents is 1. The van der Waals surface area contributed by atoms with Gasteiger partial charge < -0.3 is 19.9 Å². The molecule has 7 heteroatoms. The van der Waals surface area contributed by atoms with Crippen LogP contribution in [0.15, 0.2) is 23.3 Å². The van der Waals surface area contributed by atoms with Crippen LogP contribution in [0.2, 0.25) is 0 Å². The lowest BCUT2D eigenvalue weighted by atomic mass is 10.2. The molecule has 0 unspecified atom stereocenters. The van der Waals surface area contributed by atoms with Gasteiger partial charge in [0.2, 0.25) is 0 Å². The summed E-state index contributed by atoms with van der Waals surface area (Å²) in [5.41, 5.74) is 3.53. The zero-order valence-electron chi connectivity index (χ0n) is 11.8. The molecule has 2 rings (SSSR count). The lowest BCUT2D eigenvalue weighted by Crippen LogP contribution is -2.37. The summed E-state index contributed by atoms with van der Waals surface area (Å²) in [6, 6.07) is 4.96. The molecule has 1 aliphatic heterocycles. The van der Waals surface area contributed by atoms with Crippen LogP contribution in [0.3, 0.4) is 0 Å². The Labute approximate surface area is 129 Å². The van der Waals surface area contributed by atoms with Gasteiger partial charge in [-0.3, -0.25) is 5.43 Å². The minimum absolute atomic E-state index is 0.0939. The van der Waals surface area contributed by atoms with E-state index >= 15 is 0 Å². The Morgan fingerprint density at radius 3 is 3.19 bits per heavy atom. The van der Waals surface area contributed by atoms with Crippen LogP contribution >= 0.6 is 12.2 Å². The second-order valence-corrected chi connectivity index (χ2v) is 5.05. The SMILES string of the molecule is COc1cc(/C=N/NC(=S)NC[C@H]2CCCO2)ccc1O. The molecule has 0 radical (unpaired) electrons. The van der Waals surface area contributed by atoms with Gasteiger partial charge in [0.15, 0.2) is 16.6 Å². The van der Waals surface area contributed by atoms with E-state index in [0.717, 1.165) is 25.0 Å². The van der Waals surface area contributed by atoms with E-state index in [9.17, 15) is 5.11 Å². The van der Waals surface area contributed by atoms with E-state index in [1.54, 1.807) is 24.4 Å². The van der Waals surface area contributed by atoms with Crippen LogP contribution in [-0.4, -0.2) is 42.8 Å². The molecule has 21 heavy (non-hydrogen) atoms. The fourth-order valence-electron chi connectivity index (χ4n) is 1.99. The van der Waals surface area contributed by atoms with E-state index in [2.05, 4.69) is 15.8 Å². The molecule has 1 heterocycles. The number of rotatable bonds is 5. The van der Waals surface area contributed by atoms with Crippen molar-refractivity contribution < 1.29 is 14.6 Å². The van der Waals surface area contributed by atoms with Gasteiger partial charge in [-0.25, -0.2) is 0 Å². The standard InChI is InChI=1S/C14H19N3O3S/c1-19-13-7-10(4-5-12(13)18)8-16-17-14(21)15-9-11-3-2-6-20-11/h4-5,7-8,11,18H,2-3,6,9H2,1H3,(H2,15,17,21)/b16-8+/t11-/m1/s1. The number of nitrogens with one attached hydrogen (secondary N) is 2. The predicted molar refractivity (Wildman–Crippen MR) is 85.0 cm³/mol. The highest BCUT2D eigenvalue weighted by Crippen LogP contribution is 2.25. The van der Waals surface area contributed by atoms with Gasteiger partial charge in [0.25, 0.3) is 0 Å². The first kappa shape index (κ1) is 15.5. The van der Waals surface area contributed by atoms with E-state index in [4.69, 9.17) is 21.7 Å². The zero-order valence-corrected chi connectivity index (χ0v) is 12.7. The molecule has 1 aromatic carbocycles.